The molecular formula is C32H62O3. The van der Waals surface area contributed by atoms with E-state index in [4.69, 9.17) is 10.2 Å². The molecule has 0 aliphatic rings. The Kier molecular flexibility index (Phi) is 30.5. The van der Waals surface area contributed by atoms with Gasteiger partial charge in [0, 0.05) is 13.0 Å². The molecule has 35 heavy (non-hydrogen) atoms. The summed E-state index contributed by atoms with van der Waals surface area (Å²) in [7, 11) is 0. The van der Waals surface area contributed by atoms with Gasteiger partial charge >= 0.3 is 5.97 Å². The molecule has 3 nitrogen and oxygen atoms in total. The molecule has 0 saturated heterocycles. The average Bonchev–Trinajstić information content (AvgIpc) is 2.85. The summed E-state index contributed by atoms with van der Waals surface area (Å²) in [6.45, 7) is 0.354. The number of carboxylic acid groups (broad SMARTS) is 1. The van der Waals surface area contributed by atoms with Crippen LogP contribution in [0.4, 0.5) is 0 Å². The molecule has 0 heterocycles. The fraction of sp³-hybridized carbons (Fsp3) is 0.906. The van der Waals surface area contributed by atoms with Crippen LogP contribution in [-0.2, 0) is 4.79 Å². The van der Waals surface area contributed by atoms with Crippen LogP contribution in [0, 0.1) is 0 Å². The van der Waals surface area contributed by atoms with E-state index in [0.717, 1.165) is 19.3 Å². The summed E-state index contributed by atoms with van der Waals surface area (Å²) in [4.78, 5) is 10.5. The molecule has 0 fully saturated rings. The molecule has 208 valence electrons. The van der Waals surface area contributed by atoms with Gasteiger partial charge in [0.1, 0.15) is 0 Å². The standard InChI is InChI=1S/C32H62O3/c33-31-29-27-25-23-21-19-17-15-13-11-9-7-5-3-1-2-4-6-8-10-12-14-16-18-20-22-24-26-28-30-32(34)35/h13,15,33H,1-12,14,16-31H2,(H,34,35)/b15-13-. The van der Waals surface area contributed by atoms with Gasteiger partial charge in [0.25, 0.3) is 0 Å². The first kappa shape index (κ1) is 34.2. The quantitative estimate of drug-likeness (QED) is 0.0771. The van der Waals surface area contributed by atoms with Crippen molar-refractivity contribution < 1.29 is 15.0 Å². The van der Waals surface area contributed by atoms with Gasteiger partial charge in [-0.25, -0.2) is 0 Å². The lowest BCUT2D eigenvalue weighted by Crippen LogP contribution is -1.93. The van der Waals surface area contributed by atoms with Crippen molar-refractivity contribution in [3.8, 4) is 0 Å². The molecule has 0 saturated carbocycles. The van der Waals surface area contributed by atoms with Gasteiger partial charge < -0.3 is 10.2 Å². The van der Waals surface area contributed by atoms with Gasteiger partial charge in [0.15, 0.2) is 0 Å². The van der Waals surface area contributed by atoms with Gasteiger partial charge in [0.05, 0.1) is 0 Å². The fourth-order valence-corrected chi connectivity index (χ4v) is 4.86. The molecule has 0 aromatic carbocycles. The second-order valence-corrected chi connectivity index (χ2v) is 10.8. The molecule has 0 rings (SSSR count). The predicted octanol–water partition coefficient (Wildman–Crippen LogP) is 10.5. The average molecular weight is 495 g/mol. The van der Waals surface area contributed by atoms with Gasteiger partial charge in [-0.15, -0.1) is 0 Å². The monoisotopic (exact) mass is 494 g/mol. The smallest absolute Gasteiger partial charge is 0.303 e. The molecule has 0 spiro atoms. The summed E-state index contributed by atoms with van der Waals surface area (Å²) in [6.07, 6.45) is 40.6. The topological polar surface area (TPSA) is 57.5 Å². The van der Waals surface area contributed by atoms with Crippen LogP contribution in [0.2, 0.25) is 0 Å². The molecule has 0 aliphatic carbocycles. The van der Waals surface area contributed by atoms with Gasteiger partial charge in [-0.1, -0.05) is 147 Å². The first-order chi connectivity index (χ1) is 17.3. The molecule has 0 amide bonds. The maximum Gasteiger partial charge on any atom is 0.303 e. The van der Waals surface area contributed by atoms with E-state index in [0.29, 0.717) is 13.0 Å². The minimum Gasteiger partial charge on any atom is -0.481 e. The molecule has 0 bridgehead atoms. The lowest BCUT2D eigenvalue weighted by molar-refractivity contribution is -0.137. The SMILES string of the molecule is O=C(O)CCCCCCCCCCCCCCCCCCCCC/C=C\CCCCCCCCO. The fourth-order valence-electron chi connectivity index (χ4n) is 4.86. The van der Waals surface area contributed by atoms with Crippen molar-refractivity contribution in [3.05, 3.63) is 12.2 Å². The second kappa shape index (κ2) is 31.2. The van der Waals surface area contributed by atoms with Gasteiger partial charge in [-0.2, -0.15) is 0 Å². The third kappa shape index (κ3) is 33.2. The minimum absolute atomic E-state index is 0.341. The number of carbonyl (C=O) groups is 1. The molecule has 0 unspecified atom stereocenters. The third-order valence-electron chi connectivity index (χ3n) is 7.21. The highest BCUT2D eigenvalue weighted by atomic mass is 16.4. The van der Waals surface area contributed by atoms with E-state index in [-0.39, 0.29) is 0 Å². The summed E-state index contributed by atoms with van der Waals surface area (Å²) in [5, 5.41) is 17.4. The van der Waals surface area contributed by atoms with Crippen LogP contribution in [0.5, 0.6) is 0 Å². The van der Waals surface area contributed by atoms with E-state index >= 15 is 0 Å². The molecule has 0 aromatic rings. The van der Waals surface area contributed by atoms with E-state index < -0.39 is 5.97 Å². The molecule has 0 atom stereocenters. The van der Waals surface area contributed by atoms with Crippen LogP contribution >= 0.6 is 0 Å². The van der Waals surface area contributed by atoms with Crippen LogP contribution in [0.25, 0.3) is 0 Å². The summed E-state index contributed by atoms with van der Waals surface area (Å²) >= 11 is 0. The number of aliphatic hydroxyl groups excluding tert-OH is 1. The Hall–Kier alpha value is -0.830. The Morgan fingerprint density at radius 3 is 0.943 bits per heavy atom. The zero-order chi connectivity index (χ0) is 25.5. The van der Waals surface area contributed by atoms with Crippen molar-refractivity contribution in [1.82, 2.24) is 0 Å². The van der Waals surface area contributed by atoms with E-state index in [1.54, 1.807) is 0 Å². The van der Waals surface area contributed by atoms with Crippen molar-refractivity contribution in [2.75, 3.05) is 6.61 Å². The van der Waals surface area contributed by atoms with Crippen molar-refractivity contribution in [2.24, 2.45) is 0 Å². The van der Waals surface area contributed by atoms with Crippen LogP contribution in [0.15, 0.2) is 12.2 Å². The summed E-state index contributed by atoms with van der Waals surface area (Å²) in [5.74, 6) is -0.653. The number of hydrogen-bond acceptors (Lipinski definition) is 2. The van der Waals surface area contributed by atoms with Crippen LogP contribution in [0.3, 0.4) is 0 Å². The lowest BCUT2D eigenvalue weighted by atomic mass is 10.0. The van der Waals surface area contributed by atoms with E-state index in [1.807, 2.05) is 0 Å². The molecule has 2 N–H and O–H groups in total. The molecule has 0 aliphatic heterocycles. The Morgan fingerprint density at radius 2 is 0.657 bits per heavy atom. The van der Waals surface area contributed by atoms with Crippen LogP contribution in [-0.4, -0.2) is 22.8 Å². The Morgan fingerprint density at radius 1 is 0.400 bits per heavy atom. The Balaban J connectivity index is 3.07. The number of allylic oxidation sites excluding steroid dienone is 2. The minimum atomic E-state index is -0.653. The zero-order valence-electron chi connectivity index (χ0n) is 23.5. The molecule has 0 radical (unpaired) electrons. The number of unbranched alkanes of at least 4 members (excludes halogenated alkanes) is 25. The summed E-state index contributed by atoms with van der Waals surface area (Å²) in [5.41, 5.74) is 0. The predicted molar refractivity (Wildman–Crippen MR) is 153 cm³/mol. The summed E-state index contributed by atoms with van der Waals surface area (Å²) < 4.78 is 0. The van der Waals surface area contributed by atoms with Crippen molar-refractivity contribution in [2.45, 2.75) is 180 Å². The first-order valence-corrected chi connectivity index (χ1v) is 15.7. The molecule has 0 aromatic heterocycles. The van der Waals surface area contributed by atoms with Gasteiger partial charge in [-0.3, -0.25) is 4.79 Å². The maximum absolute atomic E-state index is 10.5. The lowest BCUT2D eigenvalue weighted by Gasteiger charge is -2.04. The van der Waals surface area contributed by atoms with Crippen molar-refractivity contribution >= 4 is 5.97 Å². The highest BCUT2D eigenvalue weighted by Gasteiger charge is 1.97. The van der Waals surface area contributed by atoms with Gasteiger partial charge in [-0.05, 0) is 38.5 Å². The van der Waals surface area contributed by atoms with E-state index in [1.165, 1.54) is 154 Å². The highest BCUT2D eigenvalue weighted by Crippen LogP contribution is 2.15. The molecular weight excluding hydrogens is 432 g/mol. The van der Waals surface area contributed by atoms with Crippen molar-refractivity contribution in [3.63, 3.8) is 0 Å². The first-order valence-electron chi connectivity index (χ1n) is 15.7. The molecule has 3 heteroatoms. The van der Waals surface area contributed by atoms with Gasteiger partial charge in [0.2, 0.25) is 0 Å². The zero-order valence-corrected chi connectivity index (χ0v) is 23.5. The normalized spacial score (nSPS) is 11.6. The maximum atomic E-state index is 10.5. The Labute approximate surface area is 219 Å². The second-order valence-electron chi connectivity index (χ2n) is 10.8. The van der Waals surface area contributed by atoms with Crippen molar-refractivity contribution in [1.29, 1.82) is 0 Å². The number of rotatable bonds is 30. The van der Waals surface area contributed by atoms with Crippen LogP contribution < -0.4 is 0 Å². The largest absolute Gasteiger partial charge is 0.481 e. The van der Waals surface area contributed by atoms with Crippen LogP contribution in [0.1, 0.15) is 180 Å². The Bertz CT molecular complexity index is 433. The number of aliphatic carboxylic acids is 1. The third-order valence-corrected chi connectivity index (χ3v) is 7.21. The number of aliphatic hydroxyl groups is 1. The highest BCUT2D eigenvalue weighted by molar-refractivity contribution is 5.66. The van der Waals surface area contributed by atoms with E-state index in [9.17, 15) is 4.79 Å². The van der Waals surface area contributed by atoms with E-state index in [2.05, 4.69) is 12.2 Å². The summed E-state index contributed by atoms with van der Waals surface area (Å²) in [6, 6.07) is 0. The number of hydrogen-bond donors (Lipinski definition) is 2. The number of carboxylic acids is 1.